The SMILES string of the molecule is CCCC(N)C(=O)Cc1ccco1. The molecule has 1 heterocycles. The van der Waals surface area contributed by atoms with Crippen molar-refractivity contribution in [2.75, 3.05) is 0 Å². The highest BCUT2D eigenvalue weighted by Crippen LogP contribution is 2.04. The molecule has 0 aromatic carbocycles. The molecule has 1 atom stereocenters. The van der Waals surface area contributed by atoms with Gasteiger partial charge in [-0.1, -0.05) is 13.3 Å². The summed E-state index contributed by atoms with van der Waals surface area (Å²) in [5, 5.41) is 0. The second-order valence-electron chi connectivity index (χ2n) is 3.12. The van der Waals surface area contributed by atoms with Crippen LogP contribution in [0.3, 0.4) is 0 Å². The van der Waals surface area contributed by atoms with Gasteiger partial charge < -0.3 is 10.2 Å². The Bertz CT molecular complexity index is 254. The molecule has 0 aliphatic rings. The van der Waals surface area contributed by atoms with Gasteiger partial charge in [0.05, 0.1) is 18.7 Å². The van der Waals surface area contributed by atoms with E-state index in [1.54, 1.807) is 18.4 Å². The molecule has 1 aromatic heterocycles. The van der Waals surface area contributed by atoms with Gasteiger partial charge in [-0.3, -0.25) is 4.79 Å². The Morgan fingerprint density at radius 3 is 3.00 bits per heavy atom. The summed E-state index contributed by atoms with van der Waals surface area (Å²) in [5.41, 5.74) is 5.65. The Kier molecular flexibility index (Phi) is 3.71. The van der Waals surface area contributed by atoms with E-state index >= 15 is 0 Å². The summed E-state index contributed by atoms with van der Waals surface area (Å²) in [7, 11) is 0. The molecule has 1 rings (SSSR count). The maximum Gasteiger partial charge on any atom is 0.157 e. The number of furan rings is 1. The average molecular weight is 181 g/mol. The van der Waals surface area contributed by atoms with Gasteiger partial charge in [-0.15, -0.1) is 0 Å². The number of carbonyl (C=O) groups excluding carboxylic acids is 1. The molecule has 0 radical (unpaired) electrons. The predicted octanol–water partition coefficient (Wildman–Crippen LogP) is 1.52. The number of Topliss-reactive ketones (excluding diaryl/α,β-unsaturated/α-hetero) is 1. The fourth-order valence-corrected chi connectivity index (χ4v) is 1.19. The maximum absolute atomic E-state index is 11.4. The highest BCUT2D eigenvalue weighted by Gasteiger charge is 2.13. The van der Waals surface area contributed by atoms with E-state index < -0.39 is 0 Å². The topological polar surface area (TPSA) is 56.2 Å². The summed E-state index contributed by atoms with van der Waals surface area (Å²) >= 11 is 0. The van der Waals surface area contributed by atoms with Crippen LogP contribution in [-0.4, -0.2) is 11.8 Å². The van der Waals surface area contributed by atoms with Crippen molar-refractivity contribution in [2.45, 2.75) is 32.2 Å². The maximum atomic E-state index is 11.4. The lowest BCUT2D eigenvalue weighted by Crippen LogP contribution is -2.31. The van der Waals surface area contributed by atoms with Gasteiger partial charge in [0, 0.05) is 0 Å². The minimum atomic E-state index is -0.338. The van der Waals surface area contributed by atoms with Crippen LogP contribution in [0.5, 0.6) is 0 Å². The van der Waals surface area contributed by atoms with Gasteiger partial charge in [-0.25, -0.2) is 0 Å². The first kappa shape index (κ1) is 9.99. The summed E-state index contributed by atoms with van der Waals surface area (Å²) in [5.74, 6) is 0.744. The van der Waals surface area contributed by atoms with E-state index in [0.717, 1.165) is 12.8 Å². The largest absolute Gasteiger partial charge is 0.469 e. The first-order valence-electron chi connectivity index (χ1n) is 4.54. The minimum Gasteiger partial charge on any atom is -0.469 e. The Morgan fingerprint density at radius 1 is 1.69 bits per heavy atom. The number of hydrogen-bond acceptors (Lipinski definition) is 3. The number of nitrogens with two attached hydrogens (primary N) is 1. The number of hydrogen-bond donors (Lipinski definition) is 1. The predicted molar refractivity (Wildman–Crippen MR) is 50.3 cm³/mol. The summed E-state index contributed by atoms with van der Waals surface area (Å²) < 4.78 is 5.06. The third-order valence-electron chi connectivity index (χ3n) is 1.94. The molecule has 13 heavy (non-hydrogen) atoms. The molecule has 3 heteroatoms. The monoisotopic (exact) mass is 181 g/mol. The van der Waals surface area contributed by atoms with E-state index in [9.17, 15) is 4.79 Å². The normalized spacial score (nSPS) is 12.8. The minimum absolute atomic E-state index is 0.0526. The first-order chi connectivity index (χ1) is 6.24. The summed E-state index contributed by atoms with van der Waals surface area (Å²) in [6.45, 7) is 2.01. The number of rotatable bonds is 5. The highest BCUT2D eigenvalue weighted by atomic mass is 16.3. The average Bonchev–Trinajstić information content (AvgIpc) is 2.57. The first-order valence-corrected chi connectivity index (χ1v) is 4.54. The standard InChI is InChI=1S/C10H15NO2/c1-2-4-9(11)10(12)7-8-5-3-6-13-8/h3,5-6,9H,2,4,7,11H2,1H3. The highest BCUT2D eigenvalue weighted by molar-refractivity contribution is 5.85. The van der Waals surface area contributed by atoms with Gasteiger partial charge in [-0.2, -0.15) is 0 Å². The van der Waals surface area contributed by atoms with E-state index in [0.29, 0.717) is 12.2 Å². The lowest BCUT2D eigenvalue weighted by Gasteiger charge is -2.06. The summed E-state index contributed by atoms with van der Waals surface area (Å²) in [4.78, 5) is 11.4. The Balaban J connectivity index is 2.41. The van der Waals surface area contributed by atoms with Crippen molar-refractivity contribution in [3.05, 3.63) is 24.2 Å². The fourth-order valence-electron chi connectivity index (χ4n) is 1.19. The Labute approximate surface area is 77.9 Å². The lowest BCUT2D eigenvalue weighted by molar-refractivity contribution is -0.120. The molecule has 1 aromatic rings. The molecule has 0 saturated heterocycles. The van der Waals surface area contributed by atoms with Crippen molar-refractivity contribution in [3.63, 3.8) is 0 Å². The molecule has 0 spiro atoms. The van der Waals surface area contributed by atoms with Crippen molar-refractivity contribution in [3.8, 4) is 0 Å². The van der Waals surface area contributed by atoms with E-state index in [-0.39, 0.29) is 11.8 Å². The Morgan fingerprint density at radius 2 is 2.46 bits per heavy atom. The van der Waals surface area contributed by atoms with E-state index in [4.69, 9.17) is 10.2 Å². The lowest BCUT2D eigenvalue weighted by atomic mass is 10.1. The van der Waals surface area contributed by atoms with Crippen LogP contribution in [0, 0.1) is 0 Å². The van der Waals surface area contributed by atoms with E-state index in [2.05, 4.69) is 0 Å². The second-order valence-corrected chi connectivity index (χ2v) is 3.12. The molecule has 72 valence electrons. The molecular formula is C10H15NO2. The molecule has 2 N–H and O–H groups in total. The Hall–Kier alpha value is -1.09. The van der Waals surface area contributed by atoms with Crippen molar-refractivity contribution in [1.82, 2.24) is 0 Å². The molecular weight excluding hydrogens is 166 g/mol. The molecule has 0 aliphatic heterocycles. The molecule has 0 aliphatic carbocycles. The molecule has 3 nitrogen and oxygen atoms in total. The molecule has 0 fully saturated rings. The van der Waals surface area contributed by atoms with Gasteiger partial charge in [0.15, 0.2) is 5.78 Å². The van der Waals surface area contributed by atoms with Crippen LogP contribution in [0.2, 0.25) is 0 Å². The zero-order valence-electron chi connectivity index (χ0n) is 7.82. The van der Waals surface area contributed by atoms with Crippen molar-refractivity contribution < 1.29 is 9.21 Å². The summed E-state index contributed by atoms with van der Waals surface area (Å²) in [6, 6.07) is 3.22. The van der Waals surface area contributed by atoms with Crippen LogP contribution in [0.15, 0.2) is 22.8 Å². The molecule has 0 amide bonds. The van der Waals surface area contributed by atoms with E-state index in [1.165, 1.54) is 0 Å². The van der Waals surface area contributed by atoms with Gasteiger partial charge in [0.2, 0.25) is 0 Å². The van der Waals surface area contributed by atoms with Crippen molar-refractivity contribution in [2.24, 2.45) is 5.73 Å². The third kappa shape index (κ3) is 3.03. The van der Waals surface area contributed by atoms with Crippen LogP contribution in [0.4, 0.5) is 0 Å². The van der Waals surface area contributed by atoms with Gasteiger partial charge in [0.25, 0.3) is 0 Å². The van der Waals surface area contributed by atoms with E-state index in [1.807, 2.05) is 6.92 Å². The molecule has 0 saturated carbocycles. The smallest absolute Gasteiger partial charge is 0.157 e. The zero-order chi connectivity index (χ0) is 9.68. The summed E-state index contributed by atoms with van der Waals surface area (Å²) in [6.07, 6.45) is 3.56. The van der Waals surface area contributed by atoms with Gasteiger partial charge in [0.1, 0.15) is 5.76 Å². The van der Waals surface area contributed by atoms with Gasteiger partial charge in [-0.05, 0) is 18.6 Å². The van der Waals surface area contributed by atoms with Crippen LogP contribution >= 0.6 is 0 Å². The van der Waals surface area contributed by atoms with Gasteiger partial charge >= 0.3 is 0 Å². The van der Waals surface area contributed by atoms with Crippen LogP contribution < -0.4 is 5.73 Å². The fraction of sp³-hybridized carbons (Fsp3) is 0.500. The molecule has 1 unspecified atom stereocenters. The zero-order valence-corrected chi connectivity index (χ0v) is 7.82. The quantitative estimate of drug-likeness (QED) is 0.749. The molecule has 0 bridgehead atoms. The second kappa shape index (κ2) is 4.82. The van der Waals surface area contributed by atoms with Crippen LogP contribution in [0.25, 0.3) is 0 Å². The number of ketones is 1. The third-order valence-corrected chi connectivity index (χ3v) is 1.94. The van der Waals surface area contributed by atoms with Crippen LogP contribution in [0.1, 0.15) is 25.5 Å². The van der Waals surface area contributed by atoms with Crippen LogP contribution in [-0.2, 0) is 11.2 Å². The number of carbonyl (C=O) groups is 1. The van der Waals surface area contributed by atoms with Crippen molar-refractivity contribution in [1.29, 1.82) is 0 Å². The van der Waals surface area contributed by atoms with Crippen molar-refractivity contribution >= 4 is 5.78 Å².